The van der Waals surface area contributed by atoms with Crippen LogP contribution >= 0.6 is 0 Å². The fraction of sp³-hybridized carbons (Fsp3) is 0.588. The lowest BCUT2D eigenvalue weighted by atomic mass is 9.89. The number of ether oxygens (including phenoxy) is 2. The molecule has 0 aromatic heterocycles. The maximum Gasteiger partial charge on any atom is 0.407 e. The molecule has 1 aromatic rings. The standard InChI is InChI=1S/C17H23FN2O4/c1-11-8-12(18)2-3-14(11)15-9-13(4-5-20(15)17(21)22)19-10-16-23-6-7-24-16/h2-3,8,13,15-16,19H,4-7,9-10H2,1H3,(H,21,22). The van der Waals surface area contributed by atoms with Crippen LogP contribution in [-0.4, -0.2) is 54.7 Å². The quantitative estimate of drug-likeness (QED) is 0.881. The van der Waals surface area contributed by atoms with Gasteiger partial charge in [0.1, 0.15) is 5.82 Å². The topological polar surface area (TPSA) is 71.0 Å². The summed E-state index contributed by atoms with van der Waals surface area (Å²) in [6.45, 7) is 4.08. The number of halogens is 1. The average Bonchev–Trinajstić information content (AvgIpc) is 3.06. The van der Waals surface area contributed by atoms with Crippen LogP contribution in [0.25, 0.3) is 0 Å². The minimum atomic E-state index is -0.940. The summed E-state index contributed by atoms with van der Waals surface area (Å²) in [7, 11) is 0. The Bertz CT molecular complexity index is 592. The molecule has 6 nitrogen and oxygen atoms in total. The largest absolute Gasteiger partial charge is 0.465 e. The number of nitrogens with one attached hydrogen (secondary N) is 1. The Morgan fingerprint density at radius 3 is 2.83 bits per heavy atom. The summed E-state index contributed by atoms with van der Waals surface area (Å²) in [4.78, 5) is 13.0. The van der Waals surface area contributed by atoms with Crippen molar-refractivity contribution in [3.63, 3.8) is 0 Å². The van der Waals surface area contributed by atoms with E-state index in [0.717, 1.165) is 17.5 Å². The van der Waals surface area contributed by atoms with Crippen molar-refractivity contribution in [1.29, 1.82) is 0 Å². The number of amides is 1. The first-order valence-corrected chi connectivity index (χ1v) is 8.27. The molecular weight excluding hydrogens is 315 g/mol. The third kappa shape index (κ3) is 3.85. The molecule has 7 heteroatoms. The van der Waals surface area contributed by atoms with E-state index in [1.807, 2.05) is 6.92 Å². The molecule has 0 bridgehead atoms. The van der Waals surface area contributed by atoms with E-state index in [4.69, 9.17) is 9.47 Å². The number of aryl methyl sites for hydroxylation is 1. The van der Waals surface area contributed by atoms with Crippen LogP contribution in [0.15, 0.2) is 18.2 Å². The first kappa shape index (κ1) is 17.1. The molecule has 2 aliphatic rings. The van der Waals surface area contributed by atoms with E-state index in [-0.39, 0.29) is 24.2 Å². The second-order valence-corrected chi connectivity index (χ2v) is 6.29. The normalized spacial score (nSPS) is 25.2. The zero-order valence-electron chi connectivity index (χ0n) is 13.7. The number of carboxylic acid groups (broad SMARTS) is 1. The number of likely N-dealkylation sites (tertiary alicyclic amines) is 1. The van der Waals surface area contributed by atoms with Gasteiger partial charge in [-0.2, -0.15) is 0 Å². The lowest BCUT2D eigenvalue weighted by Gasteiger charge is -2.39. The van der Waals surface area contributed by atoms with E-state index >= 15 is 0 Å². The lowest BCUT2D eigenvalue weighted by molar-refractivity contribution is -0.0422. The summed E-state index contributed by atoms with van der Waals surface area (Å²) < 4.78 is 24.2. The van der Waals surface area contributed by atoms with E-state index in [2.05, 4.69) is 5.32 Å². The zero-order chi connectivity index (χ0) is 17.1. The molecule has 1 aromatic carbocycles. The van der Waals surface area contributed by atoms with Gasteiger partial charge in [0.15, 0.2) is 6.29 Å². The highest BCUT2D eigenvalue weighted by Gasteiger charge is 2.33. The first-order valence-electron chi connectivity index (χ1n) is 8.27. The molecule has 2 heterocycles. The van der Waals surface area contributed by atoms with Gasteiger partial charge in [0, 0.05) is 19.1 Å². The molecule has 2 N–H and O–H groups in total. The molecule has 0 spiro atoms. The van der Waals surface area contributed by atoms with Crippen molar-refractivity contribution in [1.82, 2.24) is 10.2 Å². The molecule has 2 saturated heterocycles. The highest BCUT2D eigenvalue weighted by atomic mass is 19.1. The summed E-state index contributed by atoms with van der Waals surface area (Å²) in [5.41, 5.74) is 1.63. The van der Waals surface area contributed by atoms with Gasteiger partial charge in [-0.05, 0) is 43.0 Å². The third-order valence-electron chi connectivity index (χ3n) is 4.70. The fourth-order valence-corrected chi connectivity index (χ4v) is 3.48. The van der Waals surface area contributed by atoms with E-state index in [1.54, 1.807) is 6.07 Å². The Balaban J connectivity index is 1.70. The van der Waals surface area contributed by atoms with Crippen molar-refractivity contribution in [2.24, 2.45) is 0 Å². The van der Waals surface area contributed by atoms with Crippen LogP contribution in [-0.2, 0) is 9.47 Å². The monoisotopic (exact) mass is 338 g/mol. The van der Waals surface area contributed by atoms with Gasteiger partial charge < -0.3 is 24.8 Å². The predicted molar refractivity (Wildman–Crippen MR) is 85.3 cm³/mol. The van der Waals surface area contributed by atoms with Gasteiger partial charge >= 0.3 is 6.09 Å². The maximum atomic E-state index is 13.4. The van der Waals surface area contributed by atoms with Crippen LogP contribution in [0.1, 0.15) is 30.0 Å². The van der Waals surface area contributed by atoms with Crippen molar-refractivity contribution >= 4 is 6.09 Å². The number of rotatable bonds is 4. The highest BCUT2D eigenvalue weighted by molar-refractivity contribution is 5.66. The molecule has 0 aliphatic carbocycles. The smallest absolute Gasteiger partial charge is 0.407 e. The molecule has 0 saturated carbocycles. The van der Waals surface area contributed by atoms with Gasteiger partial charge in [-0.25, -0.2) is 9.18 Å². The number of hydrogen-bond donors (Lipinski definition) is 2. The molecule has 132 valence electrons. The Hall–Kier alpha value is -1.70. The van der Waals surface area contributed by atoms with E-state index < -0.39 is 6.09 Å². The van der Waals surface area contributed by atoms with Crippen molar-refractivity contribution < 1.29 is 23.8 Å². The van der Waals surface area contributed by atoms with Crippen molar-refractivity contribution in [2.75, 3.05) is 26.3 Å². The molecule has 2 aliphatic heterocycles. The Labute approximate surface area is 140 Å². The van der Waals surface area contributed by atoms with Crippen LogP contribution in [0, 0.1) is 12.7 Å². The molecule has 1 amide bonds. The molecule has 2 unspecified atom stereocenters. The summed E-state index contributed by atoms with van der Waals surface area (Å²) >= 11 is 0. The summed E-state index contributed by atoms with van der Waals surface area (Å²) in [5.74, 6) is -0.306. The van der Waals surface area contributed by atoms with Crippen LogP contribution in [0.5, 0.6) is 0 Å². The van der Waals surface area contributed by atoms with Gasteiger partial charge in [-0.15, -0.1) is 0 Å². The van der Waals surface area contributed by atoms with Crippen molar-refractivity contribution in [3.05, 3.63) is 35.1 Å². The van der Waals surface area contributed by atoms with Gasteiger partial charge in [0.2, 0.25) is 0 Å². The van der Waals surface area contributed by atoms with Gasteiger partial charge in [-0.1, -0.05) is 6.07 Å². The van der Waals surface area contributed by atoms with Gasteiger partial charge in [0.25, 0.3) is 0 Å². The molecule has 2 fully saturated rings. The Morgan fingerprint density at radius 1 is 1.42 bits per heavy atom. The molecular formula is C17H23FN2O4. The number of nitrogens with zero attached hydrogens (tertiary/aromatic N) is 1. The summed E-state index contributed by atoms with van der Waals surface area (Å²) in [6, 6.07) is 4.42. The van der Waals surface area contributed by atoms with Crippen LogP contribution in [0.2, 0.25) is 0 Å². The first-order chi connectivity index (χ1) is 11.5. The predicted octanol–water partition coefficient (Wildman–Crippen LogP) is 2.28. The average molecular weight is 338 g/mol. The van der Waals surface area contributed by atoms with Crippen molar-refractivity contribution in [2.45, 2.75) is 38.1 Å². The minimum absolute atomic E-state index is 0.169. The molecule has 2 atom stereocenters. The third-order valence-corrected chi connectivity index (χ3v) is 4.70. The molecule has 24 heavy (non-hydrogen) atoms. The number of piperidine rings is 1. The summed E-state index contributed by atoms with van der Waals surface area (Å²) in [6.07, 6.45) is 0.208. The molecule has 3 rings (SSSR count). The van der Waals surface area contributed by atoms with E-state index in [1.165, 1.54) is 17.0 Å². The number of benzene rings is 1. The Morgan fingerprint density at radius 2 is 2.17 bits per heavy atom. The minimum Gasteiger partial charge on any atom is -0.465 e. The van der Waals surface area contributed by atoms with Gasteiger partial charge in [0.05, 0.1) is 19.3 Å². The fourth-order valence-electron chi connectivity index (χ4n) is 3.48. The van der Waals surface area contributed by atoms with Gasteiger partial charge in [-0.3, -0.25) is 0 Å². The SMILES string of the molecule is Cc1cc(F)ccc1C1CC(NCC2OCCO2)CCN1C(=O)O. The number of hydrogen-bond acceptors (Lipinski definition) is 4. The zero-order valence-corrected chi connectivity index (χ0v) is 13.7. The second kappa shape index (κ2) is 7.46. The van der Waals surface area contributed by atoms with Crippen LogP contribution in [0.3, 0.4) is 0 Å². The van der Waals surface area contributed by atoms with E-state index in [0.29, 0.717) is 32.7 Å². The molecule has 0 radical (unpaired) electrons. The Kier molecular flexibility index (Phi) is 5.33. The van der Waals surface area contributed by atoms with Crippen LogP contribution in [0.4, 0.5) is 9.18 Å². The highest BCUT2D eigenvalue weighted by Crippen LogP contribution is 2.33. The summed E-state index contributed by atoms with van der Waals surface area (Å²) in [5, 5.41) is 12.9. The van der Waals surface area contributed by atoms with Crippen LogP contribution < -0.4 is 5.32 Å². The second-order valence-electron chi connectivity index (χ2n) is 6.29. The van der Waals surface area contributed by atoms with Crippen molar-refractivity contribution in [3.8, 4) is 0 Å². The number of carbonyl (C=O) groups is 1. The maximum absolute atomic E-state index is 13.4. The van der Waals surface area contributed by atoms with E-state index in [9.17, 15) is 14.3 Å². The lowest BCUT2D eigenvalue weighted by Crippen LogP contribution is -2.48.